The Morgan fingerprint density at radius 2 is 1.76 bits per heavy atom. The molecule has 2 N–H and O–H groups in total. The maximum Gasteiger partial charge on any atom is 0.222 e. The van der Waals surface area contributed by atoms with E-state index in [0.29, 0.717) is 18.0 Å². The summed E-state index contributed by atoms with van der Waals surface area (Å²) >= 11 is 0. The summed E-state index contributed by atoms with van der Waals surface area (Å²) in [4.78, 5) is 16.9. The minimum Gasteiger partial charge on any atom is -0.343 e. The molecule has 2 fully saturated rings. The lowest BCUT2D eigenvalue weighted by Gasteiger charge is -2.36. The molecule has 4 nitrogen and oxygen atoms in total. The lowest BCUT2D eigenvalue weighted by Crippen LogP contribution is -2.45. The van der Waals surface area contributed by atoms with Crippen LogP contribution in [0.1, 0.15) is 58.3 Å². The van der Waals surface area contributed by atoms with Crippen LogP contribution in [0, 0.1) is 5.92 Å². The van der Waals surface area contributed by atoms with Gasteiger partial charge >= 0.3 is 0 Å². The van der Waals surface area contributed by atoms with Crippen molar-refractivity contribution in [1.29, 1.82) is 0 Å². The standard InChI is InChI=1S/C17H33N3O/c1-3-20-12-10-16(11-13-20)19(2)17(21)9-6-14-4-7-15(18)8-5-14/h14-16H,3-13,18H2,1-2H3. The molecular weight excluding hydrogens is 262 g/mol. The summed E-state index contributed by atoms with van der Waals surface area (Å²) in [7, 11) is 2.01. The molecule has 0 unspecified atom stereocenters. The molecule has 0 aromatic heterocycles. The molecule has 1 saturated heterocycles. The third-order valence-electron chi connectivity index (χ3n) is 5.60. The first-order valence-electron chi connectivity index (χ1n) is 8.83. The van der Waals surface area contributed by atoms with Gasteiger partial charge in [0.2, 0.25) is 5.91 Å². The highest BCUT2D eigenvalue weighted by molar-refractivity contribution is 5.76. The van der Waals surface area contributed by atoms with Crippen LogP contribution >= 0.6 is 0 Å². The summed E-state index contributed by atoms with van der Waals surface area (Å²) in [5.41, 5.74) is 5.94. The van der Waals surface area contributed by atoms with Gasteiger partial charge < -0.3 is 15.5 Å². The monoisotopic (exact) mass is 295 g/mol. The van der Waals surface area contributed by atoms with Crippen molar-refractivity contribution in [3.63, 3.8) is 0 Å². The van der Waals surface area contributed by atoms with E-state index in [9.17, 15) is 4.79 Å². The molecule has 122 valence electrons. The Kier molecular flexibility index (Phi) is 6.49. The summed E-state index contributed by atoms with van der Waals surface area (Å²) in [5, 5.41) is 0. The lowest BCUT2D eigenvalue weighted by atomic mass is 9.83. The molecule has 0 spiro atoms. The van der Waals surface area contributed by atoms with Crippen LogP contribution in [-0.2, 0) is 4.79 Å². The van der Waals surface area contributed by atoms with E-state index in [0.717, 1.165) is 64.1 Å². The van der Waals surface area contributed by atoms with Gasteiger partial charge in [0.15, 0.2) is 0 Å². The van der Waals surface area contributed by atoms with Crippen molar-refractivity contribution in [3.05, 3.63) is 0 Å². The van der Waals surface area contributed by atoms with Crippen LogP contribution in [0.2, 0.25) is 0 Å². The van der Waals surface area contributed by atoms with Gasteiger partial charge in [-0.05, 0) is 57.4 Å². The fourth-order valence-corrected chi connectivity index (χ4v) is 3.81. The van der Waals surface area contributed by atoms with Crippen LogP contribution < -0.4 is 5.73 Å². The average molecular weight is 295 g/mol. The van der Waals surface area contributed by atoms with Gasteiger partial charge in [-0.3, -0.25) is 4.79 Å². The van der Waals surface area contributed by atoms with Gasteiger partial charge in [0.05, 0.1) is 0 Å². The molecule has 1 amide bonds. The molecule has 4 heteroatoms. The van der Waals surface area contributed by atoms with Crippen LogP contribution in [0.5, 0.6) is 0 Å². The number of amides is 1. The van der Waals surface area contributed by atoms with Crippen molar-refractivity contribution in [2.45, 2.75) is 70.4 Å². The van der Waals surface area contributed by atoms with E-state index in [1.807, 2.05) is 11.9 Å². The number of nitrogens with zero attached hydrogens (tertiary/aromatic N) is 2. The Bertz CT molecular complexity index is 318. The number of carbonyl (C=O) groups excluding carboxylic acids is 1. The molecule has 2 rings (SSSR count). The summed E-state index contributed by atoms with van der Waals surface area (Å²) in [5.74, 6) is 1.07. The highest BCUT2D eigenvalue weighted by atomic mass is 16.2. The van der Waals surface area contributed by atoms with E-state index < -0.39 is 0 Å². The number of likely N-dealkylation sites (tertiary alicyclic amines) is 1. The highest BCUT2D eigenvalue weighted by Gasteiger charge is 2.25. The van der Waals surface area contributed by atoms with E-state index >= 15 is 0 Å². The summed E-state index contributed by atoms with van der Waals surface area (Å²) < 4.78 is 0. The molecule has 1 aliphatic carbocycles. The number of hydrogen-bond donors (Lipinski definition) is 1. The van der Waals surface area contributed by atoms with Crippen LogP contribution in [0.4, 0.5) is 0 Å². The normalized spacial score (nSPS) is 28.5. The third kappa shape index (κ3) is 4.96. The molecule has 0 radical (unpaired) electrons. The van der Waals surface area contributed by atoms with Crippen LogP contribution in [-0.4, -0.2) is 54.5 Å². The van der Waals surface area contributed by atoms with E-state index in [-0.39, 0.29) is 0 Å². The zero-order valence-corrected chi connectivity index (χ0v) is 13.9. The number of rotatable bonds is 5. The van der Waals surface area contributed by atoms with E-state index in [1.54, 1.807) is 0 Å². The van der Waals surface area contributed by atoms with Gasteiger partial charge in [-0.2, -0.15) is 0 Å². The van der Waals surface area contributed by atoms with Crippen molar-refractivity contribution >= 4 is 5.91 Å². The largest absolute Gasteiger partial charge is 0.343 e. The Morgan fingerprint density at radius 1 is 1.14 bits per heavy atom. The first-order chi connectivity index (χ1) is 10.1. The number of nitrogens with two attached hydrogens (primary N) is 1. The second-order valence-electron chi connectivity index (χ2n) is 6.99. The third-order valence-corrected chi connectivity index (χ3v) is 5.60. The second kappa shape index (κ2) is 8.14. The van der Waals surface area contributed by atoms with Crippen LogP contribution in [0.15, 0.2) is 0 Å². The molecule has 0 bridgehead atoms. The number of carbonyl (C=O) groups is 1. The molecule has 1 saturated carbocycles. The molecule has 2 aliphatic rings. The Labute approximate surface area is 130 Å². The predicted octanol–water partition coefficient (Wildman–Crippen LogP) is 2.23. The van der Waals surface area contributed by atoms with Crippen LogP contribution in [0.3, 0.4) is 0 Å². The minimum atomic E-state index is 0.347. The van der Waals surface area contributed by atoms with Gasteiger partial charge in [-0.15, -0.1) is 0 Å². The molecule has 0 atom stereocenters. The zero-order valence-electron chi connectivity index (χ0n) is 13.9. The molecule has 0 aromatic rings. The van der Waals surface area contributed by atoms with Gasteiger partial charge in [-0.1, -0.05) is 6.92 Å². The van der Waals surface area contributed by atoms with Gasteiger partial charge in [0.1, 0.15) is 0 Å². The molecule has 1 aliphatic heterocycles. The topological polar surface area (TPSA) is 49.6 Å². The van der Waals surface area contributed by atoms with Crippen molar-refractivity contribution in [2.24, 2.45) is 11.7 Å². The molecule has 1 heterocycles. The summed E-state index contributed by atoms with van der Waals surface area (Å²) in [6.45, 7) is 5.62. The highest BCUT2D eigenvalue weighted by Crippen LogP contribution is 2.27. The number of hydrogen-bond acceptors (Lipinski definition) is 3. The van der Waals surface area contributed by atoms with E-state index in [2.05, 4.69) is 11.8 Å². The first kappa shape index (κ1) is 16.8. The van der Waals surface area contributed by atoms with Gasteiger partial charge in [0, 0.05) is 38.6 Å². The second-order valence-corrected chi connectivity index (χ2v) is 6.99. The predicted molar refractivity (Wildman–Crippen MR) is 87.1 cm³/mol. The SMILES string of the molecule is CCN1CCC(N(C)C(=O)CCC2CCC(N)CC2)CC1. The van der Waals surface area contributed by atoms with Crippen molar-refractivity contribution in [2.75, 3.05) is 26.7 Å². The van der Waals surface area contributed by atoms with Gasteiger partial charge in [0.25, 0.3) is 0 Å². The summed E-state index contributed by atoms with van der Waals surface area (Å²) in [6.07, 6.45) is 8.77. The quantitative estimate of drug-likeness (QED) is 0.846. The van der Waals surface area contributed by atoms with E-state index in [1.165, 1.54) is 12.8 Å². The Morgan fingerprint density at radius 3 is 2.33 bits per heavy atom. The fourth-order valence-electron chi connectivity index (χ4n) is 3.81. The Balaban J connectivity index is 1.68. The number of piperidine rings is 1. The van der Waals surface area contributed by atoms with Gasteiger partial charge in [-0.25, -0.2) is 0 Å². The average Bonchev–Trinajstić information content (AvgIpc) is 2.53. The molecular formula is C17H33N3O. The maximum absolute atomic E-state index is 12.4. The smallest absolute Gasteiger partial charge is 0.222 e. The maximum atomic E-state index is 12.4. The molecule has 0 aromatic carbocycles. The summed E-state index contributed by atoms with van der Waals surface area (Å²) in [6, 6.07) is 0.864. The van der Waals surface area contributed by atoms with Crippen LogP contribution in [0.25, 0.3) is 0 Å². The minimum absolute atomic E-state index is 0.347. The fraction of sp³-hybridized carbons (Fsp3) is 0.941. The van der Waals surface area contributed by atoms with Crippen molar-refractivity contribution in [1.82, 2.24) is 9.80 Å². The Hall–Kier alpha value is -0.610. The van der Waals surface area contributed by atoms with E-state index in [4.69, 9.17) is 5.73 Å². The zero-order chi connectivity index (χ0) is 15.2. The van der Waals surface area contributed by atoms with Crippen molar-refractivity contribution < 1.29 is 4.79 Å². The molecule has 21 heavy (non-hydrogen) atoms. The van der Waals surface area contributed by atoms with Crippen molar-refractivity contribution in [3.8, 4) is 0 Å². The lowest BCUT2D eigenvalue weighted by molar-refractivity contribution is -0.133. The first-order valence-corrected chi connectivity index (χ1v) is 8.83.